The first-order valence-corrected chi connectivity index (χ1v) is 12.9. The van der Waals surface area contributed by atoms with Crippen molar-refractivity contribution in [1.82, 2.24) is 4.90 Å². The van der Waals surface area contributed by atoms with E-state index in [2.05, 4.69) is 12.1 Å². The third-order valence-corrected chi connectivity index (χ3v) is 9.23. The van der Waals surface area contributed by atoms with Gasteiger partial charge in [0.1, 0.15) is 11.6 Å². The number of imide groups is 1. The lowest BCUT2D eigenvalue weighted by Crippen LogP contribution is -2.48. The van der Waals surface area contributed by atoms with Crippen LogP contribution in [0.25, 0.3) is 6.08 Å². The van der Waals surface area contributed by atoms with Gasteiger partial charge in [0.05, 0.1) is 18.6 Å². The standard InChI is InChI=1S/C28H28FNO3S/c1-33-24-7-6-22(28-13-17-8-18(14-28)10-19(9-17)15-28)11-21(24)12-25-26(31)30(27(32)34-25)16-20-4-2-3-5-23(20)29/h2-7,11-12,17-19H,8-10,13-16H2,1H3/b25-12-. The molecule has 34 heavy (non-hydrogen) atoms. The van der Waals surface area contributed by atoms with Gasteiger partial charge in [-0.15, -0.1) is 0 Å². The molecule has 1 aliphatic heterocycles. The number of nitrogens with zero attached hydrogens (tertiary/aromatic N) is 1. The number of carbonyl (C=O) groups excluding carboxylic acids is 2. The second kappa shape index (κ2) is 8.26. The fourth-order valence-electron chi connectivity index (χ4n) is 7.22. The average Bonchev–Trinajstić information content (AvgIpc) is 3.07. The number of thioether (sulfide) groups is 1. The smallest absolute Gasteiger partial charge is 0.293 e. The Morgan fingerprint density at radius 3 is 2.38 bits per heavy atom. The van der Waals surface area contributed by atoms with Gasteiger partial charge < -0.3 is 4.74 Å². The highest BCUT2D eigenvalue weighted by molar-refractivity contribution is 8.18. The molecule has 5 aliphatic rings. The topological polar surface area (TPSA) is 46.6 Å². The van der Waals surface area contributed by atoms with Crippen LogP contribution in [0.4, 0.5) is 9.18 Å². The third-order valence-electron chi connectivity index (χ3n) is 8.33. The van der Waals surface area contributed by atoms with Gasteiger partial charge in [-0.2, -0.15) is 0 Å². The van der Waals surface area contributed by atoms with Gasteiger partial charge >= 0.3 is 0 Å². The summed E-state index contributed by atoms with van der Waals surface area (Å²) >= 11 is 0.907. The SMILES string of the molecule is COc1ccc(C23CC4CC(CC(C4)C2)C3)cc1/C=C1\SC(=O)N(Cc2ccccc2F)C1=O. The summed E-state index contributed by atoms with van der Waals surface area (Å²) < 4.78 is 19.7. The molecule has 6 heteroatoms. The third kappa shape index (κ3) is 3.67. The minimum atomic E-state index is -0.421. The van der Waals surface area contributed by atoms with Gasteiger partial charge in [-0.1, -0.05) is 24.3 Å². The maximum absolute atomic E-state index is 14.1. The molecule has 1 heterocycles. The summed E-state index contributed by atoms with van der Waals surface area (Å²) in [5.74, 6) is 2.40. The molecule has 4 saturated carbocycles. The summed E-state index contributed by atoms with van der Waals surface area (Å²) in [5, 5.41) is -0.379. The molecule has 2 aromatic rings. The van der Waals surface area contributed by atoms with Crippen LogP contribution in [-0.2, 0) is 16.8 Å². The van der Waals surface area contributed by atoms with E-state index in [0.29, 0.717) is 16.2 Å². The first-order valence-electron chi connectivity index (χ1n) is 12.1. The monoisotopic (exact) mass is 477 g/mol. The van der Waals surface area contributed by atoms with Gasteiger partial charge in [-0.25, -0.2) is 4.39 Å². The molecule has 4 aliphatic carbocycles. The van der Waals surface area contributed by atoms with Crippen LogP contribution >= 0.6 is 11.8 Å². The van der Waals surface area contributed by atoms with Crippen LogP contribution in [0.5, 0.6) is 5.75 Å². The lowest BCUT2D eigenvalue weighted by atomic mass is 9.48. The Balaban J connectivity index is 1.31. The predicted octanol–water partition coefficient (Wildman–Crippen LogP) is 6.54. The summed E-state index contributed by atoms with van der Waals surface area (Å²) in [5.41, 5.74) is 2.72. The van der Waals surface area contributed by atoms with Crippen molar-refractivity contribution in [2.24, 2.45) is 17.8 Å². The maximum atomic E-state index is 14.1. The van der Waals surface area contributed by atoms with Crippen molar-refractivity contribution in [2.75, 3.05) is 7.11 Å². The van der Waals surface area contributed by atoms with Crippen LogP contribution in [0.2, 0.25) is 0 Å². The molecule has 0 unspecified atom stereocenters. The first kappa shape index (κ1) is 21.9. The molecular formula is C28H28FNO3S. The van der Waals surface area contributed by atoms with Crippen LogP contribution < -0.4 is 4.74 Å². The van der Waals surface area contributed by atoms with Gasteiger partial charge in [0.25, 0.3) is 11.1 Å². The van der Waals surface area contributed by atoms with Gasteiger partial charge in [0.15, 0.2) is 0 Å². The Kier molecular flexibility index (Phi) is 5.32. The largest absolute Gasteiger partial charge is 0.496 e. The molecule has 2 amide bonds. The molecule has 0 aromatic heterocycles. The zero-order chi connectivity index (χ0) is 23.4. The number of halogens is 1. The molecule has 176 valence electrons. The van der Waals surface area contributed by atoms with Crippen molar-refractivity contribution in [3.63, 3.8) is 0 Å². The van der Waals surface area contributed by atoms with E-state index in [-0.39, 0.29) is 23.1 Å². The van der Waals surface area contributed by atoms with Crippen LogP contribution in [0.15, 0.2) is 47.4 Å². The molecule has 0 atom stereocenters. The highest BCUT2D eigenvalue weighted by Crippen LogP contribution is 2.61. The van der Waals surface area contributed by atoms with Crippen molar-refractivity contribution >= 4 is 29.0 Å². The maximum Gasteiger partial charge on any atom is 0.293 e. The summed E-state index contributed by atoms with van der Waals surface area (Å²) in [6.07, 6.45) is 9.69. The highest BCUT2D eigenvalue weighted by Gasteiger charge is 2.51. The van der Waals surface area contributed by atoms with Crippen molar-refractivity contribution in [3.05, 3.63) is 69.9 Å². The van der Waals surface area contributed by atoms with E-state index in [4.69, 9.17) is 4.74 Å². The minimum absolute atomic E-state index is 0.0703. The molecule has 4 bridgehead atoms. The number of hydrogen-bond acceptors (Lipinski definition) is 4. The first-order chi connectivity index (χ1) is 16.4. The second-order valence-corrected chi connectivity index (χ2v) is 11.5. The van der Waals surface area contributed by atoms with Gasteiger partial charge in [0, 0.05) is 11.1 Å². The molecular weight excluding hydrogens is 449 g/mol. The van der Waals surface area contributed by atoms with E-state index in [0.717, 1.165) is 40.0 Å². The Bertz CT molecular complexity index is 1170. The average molecular weight is 478 g/mol. The quantitative estimate of drug-likeness (QED) is 0.459. The summed E-state index contributed by atoms with van der Waals surface area (Å²) in [4.78, 5) is 27.2. The number of rotatable bonds is 5. The van der Waals surface area contributed by atoms with E-state index < -0.39 is 5.82 Å². The van der Waals surface area contributed by atoms with Gasteiger partial charge in [-0.05, 0) is 103 Å². The van der Waals surface area contributed by atoms with Crippen LogP contribution in [0.3, 0.4) is 0 Å². The number of amides is 2. The van der Waals surface area contributed by atoms with Gasteiger partial charge in [0.2, 0.25) is 0 Å². The Morgan fingerprint density at radius 1 is 1.06 bits per heavy atom. The van der Waals surface area contributed by atoms with E-state index >= 15 is 0 Å². The van der Waals surface area contributed by atoms with E-state index in [1.807, 2.05) is 6.07 Å². The van der Waals surface area contributed by atoms with Crippen molar-refractivity contribution in [2.45, 2.75) is 50.5 Å². The molecule has 1 saturated heterocycles. The lowest BCUT2D eigenvalue weighted by molar-refractivity contribution is -0.123. The van der Waals surface area contributed by atoms with E-state index in [9.17, 15) is 14.0 Å². The number of methoxy groups -OCH3 is 1. The molecule has 5 fully saturated rings. The molecule has 0 spiro atoms. The normalized spacial score (nSPS) is 31.1. The lowest BCUT2D eigenvalue weighted by Gasteiger charge is -2.57. The number of carbonyl (C=O) groups is 2. The Labute approximate surface area is 203 Å². The highest BCUT2D eigenvalue weighted by atomic mass is 32.2. The van der Waals surface area contributed by atoms with Crippen molar-refractivity contribution in [1.29, 1.82) is 0 Å². The van der Waals surface area contributed by atoms with Crippen LogP contribution in [-0.4, -0.2) is 23.2 Å². The molecule has 7 rings (SSSR count). The number of benzene rings is 2. The van der Waals surface area contributed by atoms with Crippen LogP contribution in [0.1, 0.15) is 55.2 Å². The van der Waals surface area contributed by atoms with E-state index in [1.54, 1.807) is 31.4 Å². The molecule has 0 N–H and O–H groups in total. The number of ether oxygens (including phenoxy) is 1. The minimum Gasteiger partial charge on any atom is -0.496 e. The second-order valence-electron chi connectivity index (χ2n) is 10.5. The summed E-state index contributed by atoms with van der Waals surface area (Å²) in [7, 11) is 1.63. The fraction of sp³-hybridized carbons (Fsp3) is 0.429. The fourth-order valence-corrected chi connectivity index (χ4v) is 8.04. The number of hydrogen-bond donors (Lipinski definition) is 0. The zero-order valence-electron chi connectivity index (χ0n) is 19.3. The molecule has 0 radical (unpaired) electrons. The Hall–Kier alpha value is -2.60. The zero-order valence-corrected chi connectivity index (χ0v) is 20.1. The molecule has 4 nitrogen and oxygen atoms in total. The van der Waals surface area contributed by atoms with E-state index in [1.165, 1.54) is 50.2 Å². The molecule has 2 aromatic carbocycles. The van der Waals surface area contributed by atoms with Crippen LogP contribution in [0, 0.1) is 23.6 Å². The summed E-state index contributed by atoms with van der Waals surface area (Å²) in [6.45, 7) is -0.0703. The van der Waals surface area contributed by atoms with Crippen molar-refractivity contribution in [3.8, 4) is 5.75 Å². The predicted molar refractivity (Wildman–Crippen MR) is 131 cm³/mol. The van der Waals surface area contributed by atoms with Crippen molar-refractivity contribution < 1.29 is 18.7 Å². The van der Waals surface area contributed by atoms with Gasteiger partial charge in [-0.3, -0.25) is 14.5 Å². The Morgan fingerprint density at radius 2 is 1.74 bits per heavy atom. The summed E-state index contributed by atoms with van der Waals surface area (Å²) in [6, 6.07) is 12.6.